The van der Waals surface area contributed by atoms with Gasteiger partial charge in [-0.3, -0.25) is 0 Å². The van der Waals surface area contributed by atoms with Crippen molar-refractivity contribution in [3.8, 4) is 0 Å². The van der Waals surface area contributed by atoms with Crippen molar-refractivity contribution >= 4 is 34.0 Å². The van der Waals surface area contributed by atoms with Gasteiger partial charge in [0.1, 0.15) is 0 Å². The van der Waals surface area contributed by atoms with E-state index in [2.05, 4.69) is 53.5 Å². The van der Waals surface area contributed by atoms with Crippen LogP contribution in [0.15, 0.2) is 18.2 Å². The molecule has 2 unspecified atom stereocenters. The Hall–Kier alpha value is -0.450. The third-order valence-corrected chi connectivity index (χ3v) is 4.52. The quantitative estimate of drug-likeness (QED) is 0.631. The fraction of sp³-hybridized carbons (Fsp3) is 0.538. The normalized spacial score (nSPS) is 25.8. The van der Waals surface area contributed by atoms with Gasteiger partial charge >= 0.3 is 0 Å². The smallest absolute Gasteiger partial charge is 0.0505 e. The first-order chi connectivity index (χ1) is 7.59. The van der Waals surface area contributed by atoms with Crippen molar-refractivity contribution < 1.29 is 0 Å². The molecule has 0 aromatic heterocycles. The summed E-state index contributed by atoms with van der Waals surface area (Å²) in [4.78, 5) is 2.52. The molecule has 1 heterocycles. The second kappa shape index (κ2) is 4.82. The van der Waals surface area contributed by atoms with Gasteiger partial charge in [0.05, 0.1) is 5.69 Å². The van der Waals surface area contributed by atoms with Crippen LogP contribution in [0.2, 0.25) is 0 Å². The second-order valence-corrected chi connectivity index (χ2v) is 5.93. The van der Waals surface area contributed by atoms with E-state index in [0.29, 0.717) is 6.04 Å². The van der Waals surface area contributed by atoms with Crippen molar-refractivity contribution in [3.05, 3.63) is 21.8 Å². The molecule has 2 rings (SSSR count). The molecule has 1 fully saturated rings. The molecule has 0 amide bonds. The number of piperidine rings is 1. The Morgan fingerprint density at radius 2 is 2.12 bits per heavy atom. The molecular formula is C13H19IN2. The van der Waals surface area contributed by atoms with E-state index in [0.717, 1.165) is 11.6 Å². The van der Waals surface area contributed by atoms with Crippen molar-refractivity contribution in [1.82, 2.24) is 0 Å². The molecule has 0 radical (unpaired) electrons. The van der Waals surface area contributed by atoms with Gasteiger partial charge in [-0.1, -0.05) is 6.92 Å². The first-order valence-corrected chi connectivity index (χ1v) is 6.99. The van der Waals surface area contributed by atoms with Crippen LogP contribution in [0.5, 0.6) is 0 Å². The van der Waals surface area contributed by atoms with Crippen LogP contribution in [0.25, 0.3) is 0 Å². The van der Waals surface area contributed by atoms with E-state index in [9.17, 15) is 0 Å². The third-order valence-electron chi connectivity index (χ3n) is 3.65. The monoisotopic (exact) mass is 330 g/mol. The second-order valence-electron chi connectivity index (χ2n) is 4.76. The molecule has 2 atom stereocenters. The van der Waals surface area contributed by atoms with E-state index in [1.807, 2.05) is 6.07 Å². The van der Waals surface area contributed by atoms with Crippen molar-refractivity contribution in [3.63, 3.8) is 0 Å². The van der Waals surface area contributed by atoms with Crippen molar-refractivity contribution in [2.45, 2.75) is 32.7 Å². The Balaban J connectivity index is 2.29. The number of rotatable bonds is 1. The Kier molecular flexibility index (Phi) is 3.62. The Labute approximate surface area is 111 Å². The Morgan fingerprint density at radius 3 is 2.81 bits per heavy atom. The minimum Gasteiger partial charge on any atom is -0.399 e. The van der Waals surface area contributed by atoms with Crippen LogP contribution in [-0.2, 0) is 0 Å². The molecule has 0 bridgehead atoms. The van der Waals surface area contributed by atoms with Crippen molar-refractivity contribution in [2.24, 2.45) is 5.92 Å². The summed E-state index contributed by atoms with van der Waals surface area (Å²) in [5.41, 5.74) is 7.99. The summed E-state index contributed by atoms with van der Waals surface area (Å²) >= 11 is 2.38. The fourth-order valence-electron chi connectivity index (χ4n) is 2.43. The van der Waals surface area contributed by atoms with E-state index in [1.165, 1.54) is 28.6 Å². The molecule has 0 spiro atoms. The minimum absolute atomic E-state index is 0.630. The van der Waals surface area contributed by atoms with Gasteiger partial charge in [0.15, 0.2) is 0 Å². The lowest BCUT2D eigenvalue weighted by molar-refractivity contribution is 0.363. The van der Waals surface area contributed by atoms with Crippen LogP contribution in [-0.4, -0.2) is 12.6 Å². The van der Waals surface area contributed by atoms with E-state index in [1.54, 1.807) is 0 Å². The molecule has 88 valence electrons. The van der Waals surface area contributed by atoms with Gasteiger partial charge in [-0.2, -0.15) is 0 Å². The van der Waals surface area contributed by atoms with Crippen LogP contribution in [0.4, 0.5) is 11.4 Å². The summed E-state index contributed by atoms with van der Waals surface area (Å²) in [6.45, 7) is 5.85. The summed E-state index contributed by atoms with van der Waals surface area (Å²) < 4.78 is 1.26. The number of nitrogen functional groups attached to an aromatic ring is 1. The minimum atomic E-state index is 0.630. The lowest BCUT2D eigenvalue weighted by Crippen LogP contribution is -2.42. The molecule has 2 nitrogen and oxygen atoms in total. The molecule has 1 aliphatic rings. The topological polar surface area (TPSA) is 29.3 Å². The summed E-state index contributed by atoms with van der Waals surface area (Å²) in [7, 11) is 0. The van der Waals surface area contributed by atoms with E-state index in [4.69, 9.17) is 5.73 Å². The standard InChI is InChI=1S/C13H19IN2/c1-9-4-3-7-16(10(9)2)13-6-5-11(15)8-12(13)14/h5-6,8-10H,3-4,7,15H2,1-2H3. The Bertz CT molecular complexity index is 378. The molecule has 0 aliphatic carbocycles. The number of benzene rings is 1. The van der Waals surface area contributed by atoms with E-state index >= 15 is 0 Å². The highest BCUT2D eigenvalue weighted by molar-refractivity contribution is 14.1. The number of anilines is 2. The Morgan fingerprint density at radius 1 is 1.38 bits per heavy atom. The summed E-state index contributed by atoms with van der Waals surface area (Å²) in [6.07, 6.45) is 2.65. The number of nitrogens with two attached hydrogens (primary N) is 1. The third kappa shape index (κ3) is 2.29. The molecule has 1 aliphatic heterocycles. The highest BCUT2D eigenvalue weighted by atomic mass is 127. The average molecular weight is 330 g/mol. The van der Waals surface area contributed by atoms with Crippen molar-refractivity contribution in [1.29, 1.82) is 0 Å². The molecule has 1 saturated heterocycles. The summed E-state index contributed by atoms with van der Waals surface area (Å²) in [5.74, 6) is 0.780. The molecule has 1 aromatic rings. The van der Waals surface area contributed by atoms with Gasteiger partial charge in [-0.05, 0) is 66.5 Å². The maximum Gasteiger partial charge on any atom is 0.0505 e. The van der Waals surface area contributed by atoms with Crippen molar-refractivity contribution in [2.75, 3.05) is 17.2 Å². The lowest BCUT2D eigenvalue weighted by Gasteiger charge is -2.40. The summed E-state index contributed by atoms with van der Waals surface area (Å²) in [5, 5.41) is 0. The number of nitrogens with zero attached hydrogens (tertiary/aromatic N) is 1. The number of halogens is 1. The van der Waals surface area contributed by atoms with Crippen LogP contribution < -0.4 is 10.6 Å². The van der Waals surface area contributed by atoms with Gasteiger partial charge in [-0.15, -0.1) is 0 Å². The zero-order valence-corrected chi connectivity index (χ0v) is 12.1. The van der Waals surface area contributed by atoms with Gasteiger partial charge in [-0.25, -0.2) is 0 Å². The highest BCUT2D eigenvalue weighted by Crippen LogP contribution is 2.32. The van der Waals surface area contributed by atoms with E-state index < -0.39 is 0 Å². The van der Waals surface area contributed by atoms with Gasteiger partial charge in [0.2, 0.25) is 0 Å². The van der Waals surface area contributed by atoms with Gasteiger partial charge in [0.25, 0.3) is 0 Å². The molecule has 1 aromatic carbocycles. The molecule has 0 saturated carbocycles. The maximum atomic E-state index is 5.80. The molecule has 16 heavy (non-hydrogen) atoms. The largest absolute Gasteiger partial charge is 0.399 e. The fourth-order valence-corrected chi connectivity index (χ4v) is 3.28. The zero-order valence-electron chi connectivity index (χ0n) is 9.91. The molecule has 2 N–H and O–H groups in total. The maximum absolute atomic E-state index is 5.80. The first kappa shape index (κ1) is 12.0. The molecule has 3 heteroatoms. The highest BCUT2D eigenvalue weighted by Gasteiger charge is 2.25. The van der Waals surface area contributed by atoms with Crippen LogP contribution >= 0.6 is 22.6 Å². The lowest BCUT2D eigenvalue weighted by atomic mass is 9.91. The van der Waals surface area contributed by atoms with Crippen LogP contribution in [0, 0.1) is 9.49 Å². The van der Waals surface area contributed by atoms with Crippen LogP contribution in [0.3, 0.4) is 0 Å². The predicted molar refractivity (Wildman–Crippen MR) is 78.8 cm³/mol. The summed E-state index contributed by atoms with van der Waals surface area (Å²) in [6, 6.07) is 6.85. The van der Waals surface area contributed by atoms with Gasteiger partial charge < -0.3 is 10.6 Å². The predicted octanol–water partition coefficient (Wildman–Crippen LogP) is 3.50. The van der Waals surface area contributed by atoms with Crippen LogP contribution in [0.1, 0.15) is 26.7 Å². The number of hydrogen-bond acceptors (Lipinski definition) is 2. The van der Waals surface area contributed by atoms with Gasteiger partial charge in [0, 0.05) is 21.8 Å². The molecular weight excluding hydrogens is 311 g/mol. The SMILES string of the molecule is CC1CCCN(c2ccc(N)cc2I)C1C. The van der Waals surface area contributed by atoms with E-state index in [-0.39, 0.29) is 0 Å². The number of hydrogen-bond donors (Lipinski definition) is 1. The average Bonchev–Trinajstić information content (AvgIpc) is 2.23. The zero-order chi connectivity index (χ0) is 11.7. The first-order valence-electron chi connectivity index (χ1n) is 5.91.